The average Bonchev–Trinajstić information content (AvgIpc) is 3.56. The molecule has 2 amide bonds. The van der Waals surface area contributed by atoms with Gasteiger partial charge >= 0.3 is 12.4 Å². The third-order valence-corrected chi connectivity index (χ3v) is 12.1. The summed E-state index contributed by atoms with van der Waals surface area (Å²) in [5, 5.41) is 1.49. The molecular weight excluding hydrogens is 796 g/mol. The zero-order valence-corrected chi connectivity index (χ0v) is 32.8. The molecule has 55 heavy (non-hydrogen) atoms. The molecule has 3 atom stereocenters. The van der Waals surface area contributed by atoms with Crippen LogP contribution < -0.4 is 4.74 Å². The van der Waals surface area contributed by atoms with E-state index in [1.165, 1.54) is 4.90 Å². The maximum Gasteiger partial charge on any atom is 0.425 e. The number of likely N-dealkylation sites (tertiary alicyclic amines) is 1. The Hall–Kier alpha value is -3.70. The molecule has 0 spiro atoms. The third-order valence-electron chi connectivity index (χ3n) is 10.1. The van der Waals surface area contributed by atoms with E-state index >= 15 is 4.79 Å². The van der Waals surface area contributed by atoms with Crippen LogP contribution in [0.5, 0.6) is 5.75 Å². The number of hydrogen-bond donors (Lipinski definition) is 0. The van der Waals surface area contributed by atoms with Gasteiger partial charge in [-0.2, -0.15) is 26.3 Å². The van der Waals surface area contributed by atoms with E-state index in [-0.39, 0.29) is 57.4 Å². The van der Waals surface area contributed by atoms with Gasteiger partial charge in [-0.25, -0.2) is 8.42 Å². The van der Waals surface area contributed by atoms with Gasteiger partial charge in [-0.3, -0.25) is 19.4 Å². The Labute approximate surface area is 323 Å². The van der Waals surface area contributed by atoms with E-state index in [4.69, 9.17) is 16.3 Å². The van der Waals surface area contributed by atoms with Crippen LogP contribution in [0.2, 0.25) is 5.02 Å². The first kappa shape index (κ1) is 42.4. The highest BCUT2D eigenvalue weighted by atomic mass is 35.5. The number of carbonyl (C=O) groups is 3. The number of halogens is 7. The number of sulfone groups is 1. The number of piperidine rings is 1. The number of ketones is 1. The summed E-state index contributed by atoms with van der Waals surface area (Å²) >= 11 is 6.66. The summed E-state index contributed by atoms with van der Waals surface area (Å²) in [6, 6.07) is 5.27. The van der Waals surface area contributed by atoms with Crippen LogP contribution in [0.25, 0.3) is 0 Å². The molecule has 1 aromatic carbocycles. The van der Waals surface area contributed by atoms with Crippen molar-refractivity contribution in [2.75, 3.05) is 25.1 Å². The van der Waals surface area contributed by atoms with Crippen LogP contribution in [-0.4, -0.2) is 77.5 Å². The number of benzene rings is 1. The predicted molar refractivity (Wildman–Crippen MR) is 194 cm³/mol. The van der Waals surface area contributed by atoms with E-state index < -0.39 is 84.8 Å². The van der Waals surface area contributed by atoms with E-state index in [9.17, 15) is 44.3 Å². The van der Waals surface area contributed by atoms with E-state index in [2.05, 4.69) is 4.98 Å². The van der Waals surface area contributed by atoms with Crippen molar-refractivity contribution in [3.05, 3.63) is 80.3 Å². The fraction of sp³-hybridized carbons (Fsp3) is 0.514. The molecular formula is C37H40ClF6N3O6S2. The molecule has 0 bridgehead atoms. The normalized spacial score (nSPS) is 20.9. The van der Waals surface area contributed by atoms with Crippen LogP contribution in [0.3, 0.4) is 0 Å². The highest BCUT2D eigenvalue weighted by Gasteiger charge is 2.57. The zero-order valence-electron chi connectivity index (χ0n) is 30.4. The van der Waals surface area contributed by atoms with Crippen molar-refractivity contribution < 1.29 is 53.9 Å². The number of ether oxygens (including phenoxy) is 1. The number of thiophene rings is 1. The fourth-order valence-corrected chi connectivity index (χ4v) is 9.23. The van der Waals surface area contributed by atoms with Gasteiger partial charge in [0.15, 0.2) is 15.6 Å². The smallest absolute Gasteiger partial charge is 0.425 e. The summed E-state index contributed by atoms with van der Waals surface area (Å²) in [5.74, 6) is -3.57. The van der Waals surface area contributed by atoms with Crippen molar-refractivity contribution in [3.8, 4) is 5.75 Å². The highest BCUT2D eigenvalue weighted by molar-refractivity contribution is 7.91. The molecule has 0 N–H and O–H groups in total. The average molecular weight is 836 g/mol. The molecule has 1 saturated heterocycles. The lowest BCUT2D eigenvalue weighted by molar-refractivity contribution is -0.163. The molecule has 0 radical (unpaired) electrons. The van der Waals surface area contributed by atoms with Crippen molar-refractivity contribution in [1.82, 2.24) is 14.8 Å². The molecule has 2 aromatic heterocycles. The van der Waals surface area contributed by atoms with Gasteiger partial charge in [0.05, 0.1) is 17.6 Å². The molecule has 0 saturated carbocycles. The largest absolute Gasteiger partial charge is 0.474 e. The standard InChI is InChI=1S/C37H40ClF6N3O6S2/c1-5-8-28-35(53-24-18-30(54-20-24)37(42,43)44,13-7-15-47(28)32(49)31-26(36(39,40)41)9-6-14-45-31)33(50)46-16-12-22-17-23(38)10-11-25(22)27(46)19-34(2,3)29(48)21-55(4,51)52/h6,9-11,14,17-18,20,27-28H,5,7-8,12-13,15-16,19,21H2,1-4H3/t27?,28-,35+/m1/s1. The number of nitrogens with zero attached hydrogens (tertiary/aromatic N) is 3. The van der Waals surface area contributed by atoms with Gasteiger partial charge in [0.2, 0.25) is 5.60 Å². The molecule has 0 aliphatic carbocycles. The van der Waals surface area contributed by atoms with Gasteiger partial charge in [-0.15, -0.1) is 11.3 Å². The zero-order chi connectivity index (χ0) is 40.7. The van der Waals surface area contributed by atoms with Gasteiger partial charge in [0.1, 0.15) is 22.1 Å². The molecule has 300 valence electrons. The minimum absolute atomic E-state index is 0.000983. The topological polar surface area (TPSA) is 114 Å². The van der Waals surface area contributed by atoms with E-state index in [0.29, 0.717) is 28.0 Å². The van der Waals surface area contributed by atoms with Crippen molar-refractivity contribution >= 4 is 50.4 Å². The molecule has 4 heterocycles. The van der Waals surface area contributed by atoms with Crippen LogP contribution in [0.4, 0.5) is 26.3 Å². The second-order valence-corrected chi connectivity index (χ2v) is 18.1. The second kappa shape index (κ2) is 15.7. The minimum Gasteiger partial charge on any atom is -0.474 e. The predicted octanol–water partition coefficient (Wildman–Crippen LogP) is 8.21. The van der Waals surface area contributed by atoms with Crippen LogP contribution >= 0.6 is 22.9 Å². The number of carbonyl (C=O) groups excluding carboxylic acids is 3. The minimum atomic E-state index is -4.96. The molecule has 1 fully saturated rings. The lowest BCUT2D eigenvalue weighted by Crippen LogP contribution is -2.68. The lowest BCUT2D eigenvalue weighted by Gasteiger charge is -2.52. The van der Waals surface area contributed by atoms with Gasteiger partial charge in [0, 0.05) is 53.8 Å². The molecule has 2 aliphatic rings. The van der Waals surface area contributed by atoms with Crippen molar-refractivity contribution in [2.24, 2.45) is 5.41 Å². The Balaban J connectivity index is 1.68. The van der Waals surface area contributed by atoms with E-state index in [1.807, 2.05) is 0 Å². The fourth-order valence-electron chi connectivity index (χ4n) is 7.49. The van der Waals surface area contributed by atoms with Crippen molar-refractivity contribution in [2.45, 2.75) is 89.3 Å². The molecule has 2 aliphatic heterocycles. The first-order valence-electron chi connectivity index (χ1n) is 17.5. The van der Waals surface area contributed by atoms with Gasteiger partial charge < -0.3 is 14.5 Å². The third kappa shape index (κ3) is 9.14. The molecule has 1 unspecified atom stereocenters. The Kier molecular flexibility index (Phi) is 12.1. The number of alkyl halides is 6. The Morgan fingerprint density at radius 2 is 1.75 bits per heavy atom. The summed E-state index contributed by atoms with van der Waals surface area (Å²) in [6.07, 6.45) is -7.38. The molecule has 9 nitrogen and oxygen atoms in total. The summed E-state index contributed by atoms with van der Waals surface area (Å²) in [4.78, 5) is 48.4. The summed E-state index contributed by atoms with van der Waals surface area (Å²) in [5.41, 5.74) is -4.30. The number of pyridine rings is 1. The van der Waals surface area contributed by atoms with E-state index in [1.54, 1.807) is 39.0 Å². The van der Waals surface area contributed by atoms with Crippen molar-refractivity contribution in [3.63, 3.8) is 0 Å². The Bertz CT molecular complexity index is 2050. The number of hydrogen-bond acceptors (Lipinski definition) is 8. The first-order valence-corrected chi connectivity index (χ1v) is 20.8. The molecule has 18 heteroatoms. The Morgan fingerprint density at radius 1 is 1.04 bits per heavy atom. The number of amides is 2. The van der Waals surface area contributed by atoms with Gasteiger partial charge in [-0.05, 0) is 61.1 Å². The van der Waals surface area contributed by atoms with E-state index in [0.717, 1.165) is 40.4 Å². The number of Topliss-reactive ketones (excluding diaryl/α,β-unsaturated/α-hetero) is 1. The van der Waals surface area contributed by atoms with Crippen LogP contribution in [0.15, 0.2) is 48.0 Å². The highest BCUT2D eigenvalue weighted by Crippen LogP contribution is 2.46. The maximum absolute atomic E-state index is 15.5. The van der Waals surface area contributed by atoms with Crippen LogP contribution in [-0.2, 0) is 38.2 Å². The van der Waals surface area contributed by atoms with Crippen LogP contribution in [0.1, 0.15) is 91.0 Å². The SMILES string of the molecule is CCC[C@H]1N(C(=O)c2ncccc2C(F)(F)F)CCC[C@@]1(Oc1csc(C(F)(F)F)c1)C(=O)N1CCc2cc(Cl)ccc2C1CC(C)(C)C(=O)CS(C)(=O)=O. The monoisotopic (exact) mass is 835 g/mol. The van der Waals surface area contributed by atoms with Gasteiger partial charge in [-0.1, -0.05) is 44.9 Å². The number of rotatable bonds is 11. The quantitative estimate of drug-likeness (QED) is 0.179. The second-order valence-electron chi connectivity index (χ2n) is 14.6. The Morgan fingerprint density at radius 3 is 2.36 bits per heavy atom. The van der Waals surface area contributed by atoms with Crippen LogP contribution in [0, 0.1) is 5.41 Å². The number of aromatic nitrogens is 1. The lowest BCUT2D eigenvalue weighted by atomic mass is 9.75. The molecule has 5 rings (SSSR count). The van der Waals surface area contributed by atoms with Crippen molar-refractivity contribution in [1.29, 1.82) is 0 Å². The maximum atomic E-state index is 15.5. The summed E-state index contributed by atoms with van der Waals surface area (Å²) < 4.78 is 115. The molecule has 3 aromatic rings. The summed E-state index contributed by atoms with van der Waals surface area (Å²) in [7, 11) is -3.74. The first-order chi connectivity index (χ1) is 25.5. The van der Waals surface area contributed by atoms with Gasteiger partial charge in [0.25, 0.3) is 11.8 Å². The number of fused-ring (bicyclic) bond motifs is 1. The summed E-state index contributed by atoms with van der Waals surface area (Å²) in [6.45, 7) is 4.72.